The van der Waals surface area contributed by atoms with Gasteiger partial charge in [-0.3, -0.25) is 0 Å². The topological polar surface area (TPSA) is 0 Å². The van der Waals surface area contributed by atoms with Gasteiger partial charge in [0.25, 0.3) is 0 Å². The van der Waals surface area contributed by atoms with Gasteiger partial charge in [-0.05, 0) is 17.7 Å². The van der Waals surface area contributed by atoms with Crippen LogP contribution in [0.15, 0.2) is 24.3 Å². The van der Waals surface area contributed by atoms with Gasteiger partial charge in [0, 0.05) is 0 Å². The van der Waals surface area contributed by atoms with E-state index >= 15 is 0 Å². The molecule has 0 aliphatic carbocycles. The molecule has 0 atom stereocenters. The smallest absolute Gasteiger partial charge is 0.203 e. The molecular formula is C13H4ClF7. The molecule has 0 saturated heterocycles. The minimum absolute atomic E-state index is 0.383. The number of rotatable bonds is 1. The van der Waals surface area contributed by atoms with Crippen LogP contribution in [-0.4, -0.2) is 0 Å². The normalized spacial score (nSPS) is 11.8. The van der Waals surface area contributed by atoms with Crippen LogP contribution in [0.1, 0.15) is 5.56 Å². The summed E-state index contributed by atoms with van der Waals surface area (Å²) >= 11 is 5.04. The van der Waals surface area contributed by atoms with Crippen LogP contribution in [0.4, 0.5) is 30.7 Å². The summed E-state index contributed by atoms with van der Waals surface area (Å²) in [5.41, 5.74) is -3.12. The lowest BCUT2D eigenvalue weighted by molar-refractivity contribution is -0.137. The second-order valence-electron chi connectivity index (χ2n) is 4.02. The molecule has 8 heteroatoms. The molecule has 0 nitrogen and oxygen atoms in total. The summed E-state index contributed by atoms with van der Waals surface area (Å²) in [5.74, 6) is -7.47. The molecule has 0 aliphatic heterocycles. The highest BCUT2D eigenvalue weighted by Crippen LogP contribution is 2.37. The minimum Gasteiger partial charge on any atom is -0.203 e. The van der Waals surface area contributed by atoms with Crippen molar-refractivity contribution >= 4 is 11.6 Å². The molecule has 0 aromatic heterocycles. The highest BCUT2D eigenvalue weighted by molar-refractivity contribution is 6.31. The predicted octanol–water partition coefficient (Wildman–Crippen LogP) is 5.58. The van der Waals surface area contributed by atoms with E-state index in [0.29, 0.717) is 12.1 Å². The first-order valence-electron chi connectivity index (χ1n) is 5.33. The summed E-state index contributed by atoms with van der Waals surface area (Å²) in [6.45, 7) is 0. The van der Waals surface area contributed by atoms with Crippen LogP contribution >= 0.6 is 11.6 Å². The molecule has 0 aliphatic rings. The molecule has 0 unspecified atom stereocenters. The Kier molecular flexibility index (Phi) is 3.88. The maximum absolute atomic E-state index is 13.7. The van der Waals surface area contributed by atoms with Crippen molar-refractivity contribution in [3.05, 3.63) is 58.1 Å². The van der Waals surface area contributed by atoms with Crippen molar-refractivity contribution in [1.82, 2.24) is 0 Å². The highest BCUT2D eigenvalue weighted by atomic mass is 35.5. The average Bonchev–Trinajstić information content (AvgIpc) is 2.43. The monoisotopic (exact) mass is 328 g/mol. The van der Waals surface area contributed by atoms with Crippen LogP contribution in [0.2, 0.25) is 5.02 Å². The van der Waals surface area contributed by atoms with E-state index in [0.717, 1.165) is 12.1 Å². The van der Waals surface area contributed by atoms with E-state index in [1.165, 1.54) is 0 Å². The molecule has 0 saturated carbocycles. The lowest BCUT2D eigenvalue weighted by Crippen LogP contribution is -2.06. The Morgan fingerprint density at radius 2 is 1.33 bits per heavy atom. The fraction of sp³-hybridized carbons (Fsp3) is 0.0769. The number of hydrogen-bond acceptors (Lipinski definition) is 0. The van der Waals surface area contributed by atoms with Crippen molar-refractivity contribution in [3.8, 4) is 11.1 Å². The second-order valence-corrected chi connectivity index (χ2v) is 4.40. The van der Waals surface area contributed by atoms with Crippen LogP contribution < -0.4 is 0 Å². The Bertz CT molecular complexity index is 677. The Hall–Kier alpha value is -1.76. The maximum atomic E-state index is 13.7. The summed E-state index contributed by atoms with van der Waals surface area (Å²) in [6, 6.07) is 2.79. The minimum atomic E-state index is -4.77. The first-order chi connectivity index (χ1) is 9.64. The molecular weight excluding hydrogens is 325 g/mol. The van der Waals surface area contributed by atoms with Gasteiger partial charge in [-0.25, -0.2) is 17.6 Å². The van der Waals surface area contributed by atoms with Gasteiger partial charge in [0.1, 0.15) is 5.02 Å². The van der Waals surface area contributed by atoms with Gasteiger partial charge in [0.2, 0.25) is 0 Å². The van der Waals surface area contributed by atoms with Gasteiger partial charge >= 0.3 is 6.18 Å². The summed E-state index contributed by atoms with van der Waals surface area (Å²) in [5, 5.41) is -1.40. The zero-order chi connectivity index (χ0) is 15.9. The molecule has 0 N–H and O–H groups in total. The van der Waals surface area contributed by atoms with E-state index in [1.54, 1.807) is 0 Å². The molecule has 2 aromatic carbocycles. The first kappa shape index (κ1) is 15.6. The first-order valence-corrected chi connectivity index (χ1v) is 5.71. The van der Waals surface area contributed by atoms with Crippen molar-refractivity contribution in [3.63, 3.8) is 0 Å². The lowest BCUT2D eigenvalue weighted by Gasteiger charge is -2.11. The van der Waals surface area contributed by atoms with Crippen molar-refractivity contribution in [2.24, 2.45) is 0 Å². The molecule has 0 amide bonds. The SMILES string of the molecule is Fc1c(F)c(-c2cccc(C(F)(F)F)c2)c(F)c(F)c1Cl. The van der Waals surface area contributed by atoms with Crippen molar-refractivity contribution in [2.75, 3.05) is 0 Å². The molecule has 0 bridgehead atoms. The fourth-order valence-electron chi connectivity index (χ4n) is 1.71. The Morgan fingerprint density at radius 1 is 0.810 bits per heavy atom. The van der Waals surface area contributed by atoms with E-state index < -0.39 is 51.2 Å². The van der Waals surface area contributed by atoms with Crippen molar-refractivity contribution in [1.29, 1.82) is 0 Å². The van der Waals surface area contributed by atoms with E-state index in [2.05, 4.69) is 0 Å². The van der Waals surface area contributed by atoms with E-state index in [4.69, 9.17) is 11.6 Å². The molecule has 21 heavy (non-hydrogen) atoms. The molecule has 2 rings (SSSR count). The zero-order valence-electron chi connectivity index (χ0n) is 9.83. The second kappa shape index (κ2) is 5.22. The maximum Gasteiger partial charge on any atom is 0.416 e. The molecule has 0 fully saturated rings. The van der Waals surface area contributed by atoms with Gasteiger partial charge in [-0.15, -0.1) is 0 Å². The number of benzene rings is 2. The molecule has 0 spiro atoms. The van der Waals surface area contributed by atoms with E-state index in [1.807, 2.05) is 0 Å². The summed E-state index contributed by atoms with van der Waals surface area (Å²) in [7, 11) is 0. The molecule has 0 radical (unpaired) electrons. The third-order valence-corrected chi connectivity index (χ3v) is 3.02. The summed E-state index contributed by atoms with van der Waals surface area (Å²) < 4.78 is 91.6. The van der Waals surface area contributed by atoms with Gasteiger partial charge in [0.05, 0.1) is 11.1 Å². The number of hydrogen-bond donors (Lipinski definition) is 0. The lowest BCUT2D eigenvalue weighted by atomic mass is 10.0. The van der Waals surface area contributed by atoms with Crippen LogP contribution in [0, 0.1) is 23.3 Å². The van der Waals surface area contributed by atoms with Crippen LogP contribution in [0.25, 0.3) is 11.1 Å². The van der Waals surface area contributed by atoms with Crippen molar-refractivity contribution in [2.45, 2.75) is 6.18 Å². The predicted molar refractivity (Wildman–Crippen MR) is 61.7 cm³/mol. The third-order valence-electron chi connectivity index (χ3n) is 2.69. The standard InChI is InChI=1S/C13H4ClF7/c14-8-11(17)9(15)7(10(16)12(8)18)5-2-1-3-6(4-5)13(19,20)21/h1-4H. The van der Waals surface area contributed by atoms with Gasteiger partial charge in [0.15, 0.2) is 23.3 Å². The van der Waals surface area contributed by atoms with Crippen LogP contribution in [-0.2, 0) is 6.18 Å². The number of halogens is 8. The summed E-state index contributed by atoms with van der Waals surface area (Å²) in [4.78, 5) is 0. The van der Waals surface area contributed by atoms with Gasteiger partial charge < -0.3 is 0 Å². The fourth-order valence-corrected chi connectivity index (χ4v) is 1.88. The Balaban J connectivity index is 2.74. The number of alkyl halides is 3. The zero-order valence-corrected chi connectivity index (χ0v) is 10.6. The van der Waals surface area contributed by atoms with E-state index in [-0.39, 0.29) is 0 Å². The van der Waals surface area contributed by atoms with Gasteiger partial charge in [-0.1, -0.05) is 23.7 Å². The van der Waals surface area contributed by atoms with Crippen LogP contribution in [0.3, 0.4) is 0 Å². The third kappa shape index (κ3) is 2.70. The quantitative estimate of drug-likeness (QED) is 0.364. The average molecular weight is 329 g/mol. The highest BCUT2D eigenvalue weighted by Gasteiger charge is 2.32. The van der Waals surface area contributed by atoms with Crippen LogP contribution in [0.5, 0.6) is 0 Å². The largest absolute Gasteiger partial charge is 0.416 e. The Morgan fingerprint density at radius 3 is 1.81 bits per heavy atom. The van der Waals surface area contributed by atoms with Crippen molar-refractivity contribution < 1.29 is 30.7 Å². The summed E-state index contributed by atoms with van der Waals surface area (Å²) in [6.07, 6.45) is -4.77. The molecule has 112 valence electrons. The molecule has 0 heterocycles. The molecule has 2 aromatic rings. The Labute approximate surface area is 118 Å². The van der Waals surface area contributed by atoms with Gasteiger partial charge in [-0.2, -0.15) is 13.2 Å². The van der Waals surface area contributed by atoms with E-state index in [9.17, 15) is 30.7 Å².